The molecule has 1 aromatic heterocycles. The zero-order valence-electron chi connectivity index (χ0n) is 6.50. The SMILES string of the molecule is COc1ccc(F)c2occc12. The van der Waals surface area contributed by atoms with E-state index in [1.54, 1.807) is 19.2 Å². The van der Waals surface area contributed by atoms with E-state index >= 15 is 0 Å². The number of halogens is 1. The minimum atomic E-state index is -0.365. The number of ether oxygens (including phenoxy) is 1. The lowest BCUT2D eigenvalue weighted by Crippen LogP contribution is -1.84. The molecule has 0 fully saturated rings. The fourth-order valence-electron chi connectivity index (χ4n) is 1.18. The van der Waals surface area contributed by atoms with Gasteiger partial charge >= 0.3 is 0 Å². The van der Waals surface area contributed by atoms with Crippen LogP contribution in [-0.2, 0) is 0 Å². The highest BCUT2D eigenvalue weighted by molar-refractivity contribution is 5.84. The number of methoxy groups -OCH3 is 1. The minimum absolute atomic E-state index is 0.245. The predicted octanol–water partition coefficient (Wildman–Crippen LogP) is 2.58. The van der Waals surface area contributed by atoms with Crippen molar-refractivity contribution < 1.29 is 13.5 Å². The van der Waals surface area contributed by atoms with Gasteiger partial charge in [0, 0.05) is 0 Å². The normalized spacial score (nSPS) is 10.5. The summed E-state index contributed by atoms with van der Waals surface area (Å²) >= 11 is 0. The maximum Gasteiger partial charge on any atom is 0.173 e. The molecule has 0 spiro atoms. The van der Waals surface area contributed by atoms with Crippen molar-refractivity contribution in [2.75, 3.05) is 7.11 Å². The molecule has 0 N–H and O–H groups in total. The summed E-state index contributed by atoms with van der Waals surface area (Å²) in [5, 5.41) is 0.664. The third-order valence-electron chi connectivity index (χ3n) is 1.75. The highest BCUT2D eigenvalue weighted by Crippen LogP contribution is 2.28. The summed E-state index contributed by atoms with van der Waals surface area (Å²) in [5.41, 5.74) is 0.245. The van der Waals surface area contributed by atoms with Gasteiger partial charge in [-0.05, 0) is 18.2 Å². The van der Waals surface area contributed by atoms with Gasteiger partial charge in [-0.25, -0.2) is 4.39 Å². The lowest BCUT2D eigenvalue weighted by molar-refractivity contribution is 0.418. The van der Waals surface area contributed by atoms with Crippen LogP contribution < -0.4 is 4.74 Å². The maximum absolute atomic E-state index is 13.0. The van der Waals surface area contributed by atoms with Crippen molar-refractivity contribution in [2.24, 2.45) is 0 Å². The average Bonchev–Trinajstić information content (AvgIpc) is 2.54. The van der Waals surface area contributed by atoms with Crippen LogP contribution in [0.1, 0.15) is 0 Å². The molecular formula is C9H7FO2. The first-order valence-corrected chi connectivity index (χ1v) is 3.52. The fraction of sp³-hybridized carbons (Fsp3) is 0.111. The van der Waals surface area contributed by atoms with Gasteiger partial charge in [-0.3, -0.25) is 0 Å². The molecule has 2 aromatic rings. The Balaban J connectivity index is 2.82. The van der Waals surface area contributed by atoms with Crippen LogP contribution in [0.15, 0.2) is 28.9 Å². The number of furan rings is 1. The maximum atomic E-state index is 13.0. The monoisotopic (exact) mass is 166 g/mol. The van der Waals surface area contributed by atoms with Gasteiger partial charge in [-0.15, -0.1) is 0 Å². The number of fused-ring (bicyclic) bond motifs is 1. The van der Waals surface area contributed by atoms with Crippen molar-refractivity contribution in [1.82, 2.24) is 0 Å². The lowest BCUT2D eigenvalue weighted by atomic mass is 10.2. The van der Waals surface area contributed by atoms with Gasteiger partial charge in [-0.2, -0.15) is 0 Å². The molecule has 62 valence electrons. The van der Waals surface area contributed by atoms with Crippen LogP contribution in [0.25, 0.3) is 11.0 Å². The minimum Gasteiger partial charge on any atom is -0.496 e. The molecular weight excluding hydrogens is 159 g/mol. The van der Waals surface area contributed by atoms with Gasteiger partial charge in [-0.1, -0.05) is 0 Å². The van der Waals surface area contributed by atoms with Gasteiger partial charge in [0.05, 0.1) is 18.8 Å². The first kappa shape index (κ1) is 7.16. The van der Waals surface area contributed by atoms with E-state index in [-0.39, 0.29) is 11.4 Å². The first-order chi connectivity index (χ1) is 5.83. The molecule has 0 aliphatic heterocycles. The summed E-state index contributed by atoms with van der Waals surface area (Å²) in [6.45, 7) is 0. The van der Waals surface area contributed by atoms with Crippen LogP contribution in [0.4, 0.5) is 4.39 Å². The van der Waals surface area contributed by atoms with Gasteiger partial charge in [0.1, 0.15) is 5.75 Å². The van der Waals surface area contributed by atoms with E-state index in [1.165, 1.54) is 12.3 Å². The van der Waals surface area contributed by atoms with Crippen molar-refractivity contribution in [3.8, 4) is 5.75 Å². The molecule has 3 heteroatoms. The molecule has 2 nitrogen and oxygen atoms in total. The first-order valence-electron chi connectivity index (χ1n) is 3.52. The van der Waals surface area contributed by atoms with Crippen LogP contribution >= 0.6 is 0 Å². The number of hydrogen-bond acceptors (Lipinski definition) is 2. The average molecular weight is 166 g/mol. The van der Waals surface area contributed by atoms with Crippen molar-refractivity contribution in [2.45, 2.75) is 0 Å². The smallest absolute Gasteiger partial charge is 0.173 e. The van der Waals surface area contributed by atoms with Crippen LogP contribution in [0.2, 0.25) is 0 Å². The highest BCUT2D eigenvalue weighted by Gasteiger charge is 2.07. The van der Waals surface area contributed by atoms with E-state index in [0.717, 1.165) is 0 Å². The summed E-state index contributed by atoms with van der Waals surface area (Å²) in [4.78, 5) is 0. The fourth-order valence-corrected chi connectivity index (χ4v) is 1.18. The van der Waals surface area contributed by atoms with E-state index in [4.69, 9.17) is 9.15 Å². The van der Waals surface area contributed by atoms with Crippen LogP contribution in [0, 0.1) is 5.82 Å². The second kappa shape index (κ2) is 2.52. The van der Waals surface area contributed by atoms with Crippen molar-refractivity contribution in [3.63, 3.8) is 0 Å². The molecule has 0 radical (unpaired) electrons. The molecule has 0 saturated heterocycles. The zero-order valence-corrected chi connectivity index (χ0v) is 6.50. The Morgan fingerprint density at radius 3 is 2.92 bits per heavy atom. The quantitative estimate of drug-likeness (QED) is 0.649. The molecule has 0 bridgehead atoms. The topological polar surface area (TPSA) is 22.4 Å². The van der Waals surface area contributed by atoms with E-state index < -0.39 is 0 Å². The van der Waals surface area contributed by atoms with Crippen molar-refractivity contribution >= 4 is 11.0 Å². The molecule has 2 rings (SSSR count). The van der Waals surface area contributed by atoms with Gasteiger partial charge in [0.15, 0.2) is 11.4 Å². The third-order valence-corrected chi connectivity index (χ3v) is 1.75. The summed E-state index contributed by atoms with van der Waals surface area (Å²) in [5.74, 6) is 0.260. The third kappa shape index (κ3) is 0.863. The molecule has 0 aliphatic rings. The summed E-state index contributed by atoms with van der Waals surface area (Å²) < 4.78 is 22.9. The number of benzene rings is 1. The summed E-state index contributed by atoms with van der Waals surface area (Å²) in [6, 6.07) is 4.58. The lowest BCUT2D eigenvalue weighted by Gasteiger charge is -1.99. The highest BCUT2D eigenvalue weighted by atomic mass is 19.1. The summed E-state index contributed by atoms with van der Waals surface area (Å²) in [6.07, 6.45) is 1.44. The van der Waals surface area contributed by atoms with Crippen molar-refractivity contribution in [1.29, 1.82) is 0 Å². The Kier molecular flexibility index (Phi) is 1.50. The molecule has 12 heavy (non-hydrogen) atoms. The number of rotatable bonds is 1. The molecule has 1 heterocycles. The van der Waals surface area contributed by atoms with E-state index in [2.05, 4.69) is 0 Å². The molecule has 0 amide bonds. The van der Waals surface area contributed by atoms with Crippen LogP contribution in [-0.4, -0.2) is 7.11 Å². The zero-order chi connectivity index (χ0) is 8.55. The Labute approximate surface area is 68.6 Å². The standard InChI is InChI=1S/C9H7FO2/c1-11-8-3-2-7(10)9-6(8)4-5-12-9/h2-5H,1H3. The van der Waals surface area contributed by atoms with Gasteiger partial charge < -0.3 is 9.15 Å². The molecule has 0 atom stereocenters. The molecule has 0 unspecified atom stereocenters. The second-order valence-corrected chi connectivity index (χ2v) is 2.41. The number of hydrogen-bond donors (Lipinski definition) is 0. The Hall–Kier alpha value is -1.51. The summed E-state index contributed by atoms with van der Waals surface area (Å²) in [7, 11) is 1.54. The Bertz CT molecular complexity index is 406. The largest absolute Gasteiger partial charge is 0.496 e. The van der Waals surface area contributed by atoms with E-state index in [0.29, 0.717) is 11.1 Å². The van der Waals surface area contributed by atoms with Crippen LogP contribution in [0.5, 0.6) is 5.75 Å². The van der Waals surface area contributed by atoms with E-state index in [9.17, 15) is 4.39 Å². The van der Waals surface area contributed by atoms with E-state index in [1.807, 2.05) is 0 Å². The van der Waals surface area contributed by atoms with Crippen LogP contribution in [0.3, 0.4) is 0 Å². The molecule has 1 aromatic carbocycles. The predicted molar refractivity (Wildman–Crippen MR) is 42.7 cm³/mol. The van der Waals surface area contributed by atoms with Crippen molar-refractivity contribution in [3.05, 3.63) is 30.3 Å². The Morgan fingerprint density at radius 1 is 1.33 bits per heavy atom. The van der Waals surface area contributed by atoms with Gasteiger partial charge in [0.25, 0.3) is 0 Å². The second-order valence-electron chi connectivity index (χ2n) is 2.41. The Morgan fingerprint density at radius 2 is 2.17 bits per heavy atom. The molecule has 0 aliphatic carbocycles. The molecule has 0 saturated carbocycles. The van der Waals surface area contributed by atoms with Gasteiger partial charge in [0.2, 0.25) is 0 Å².